The molecule has 2 aliphatic rings. The summed E-state index contributed by atoms with van der Waals surface area (Å²) in [6.45, 7) is 13.6. The average Bonchev–Trinajstić information content (AvgIpc) is 3.31. The second-order valence-corrected chi connectivity index (χ2v) is 11.6. The standard InChI is InChI=1S/C26H30Cl2FN3O3.C2H6/c1-24(2,3)35-23(34)32-12-11-26(14-32,20-18(29)10-9-17(27)21(20)28)30-15-7-8-16-19(13-15)31(6)22(33)25(16,4)5;1-2/h7-10,13,30H,11-12,14H2,1-6H3;1-2H3. The first-order chi connectivity index (χ1) is 17.2. The van der Waals surface area contributed by atoms with Crippen LogP contribution >= 0.6 is 23.2 Å². The Morgan fingerprint density at radius 2 is 1.78 bits per heavy atom. The van der Waals surface area contributed by atoms with Gasteiger partial charge in [-0.15, -0.1) is 0 Å². The van der Waals surface area contributed by atoms with Crippen molar-refractivity contribution in [1.29, 1.82) is 0 Å². The fourth-order valence-electron chi connectivity index (χ4n) is 4.96. The van der Waals surface area contributed by atoms with E-state index >= 15 is 4.39 Å². The number of nitrogens with one attached hydrogen (secondary N) is 1. The van der Waals surface area contributed by atoms with Gasteiger partial charge in [0.25, 0.3) is 0 Å². The van der Waals surface area contributed by atoms with E-state index in [-0.39, 0.29) is 28.1 Å². The first kappa shape index (κ1) is 29.1. The number of likely N-dealkylation sites (N-methyl/N-ethyl adjacent to an activating group) is 1. The van der Waals surface area contributed by atoms with Gasteiger partial charge in [-0.05, 0) is 70.9 Å². The van der Waals surface area contributed by atoms with Crippen molar-refractivity contribution in [3.63, 3.8) is 0 Å². The number of benzene rings is 2. The number of amides is 2. The minimum absolute atomic E-state index is 0.000241. The maximum Gasteiger partial charge on any atom is 0.410 e. The molecule has 0 spiro atoms. The molecule has 2 heterocycles. The highest BCUT2D eigenvalue weighted by atomic mass is 35.5. The van der Waals surface area contributed by atoms with Crippen molar-refractivity contribution in [3.8, 4) is 0 Å². The Labute approximate surface area is 229 Å². The van der Waals surface area contributed by atoms with E-state index in [9.17, 15) is 9.59 Å². The lowest BCUT2D eigenvalue weighted by Crippen LogP contribution is -2.42. The number of hydrogen-bond acceptors (Lipinski definition) is 4. The summed E-state index contributed by atoms with van der Waals surface area (Å²) >= 11 is 12.8. The number of carbonyl (C=O) groups excluding carboxylic acids is 2. The van der Waals surface area contributed by atoms with Crippen molar-refractivity contribution in [1.82, 2.24) is 4.90 Å². The predicted molar refractivity (Wildman–Crippen MR) is 148 cm³/mol. The predicted octanol–water partition coefficient (Wildman–Crippen LogP) is 7.36. The maximum atomic E-state index is 15.3. The molecule has 9 heteroatoms. The number of halogens is 3. The highest BCUT2D eigenvalue weighted by molar-refractivity contribution is 6.42. The molecule has 0 radical (unpaired) electrons. The van der Waals surface area contributed by atoms with E-state index in [4.69, 9.17) is 27.9 Å². The van der Waals surface area contributed by atoms with Gasteiger partial charge < -0.3 is 19.9 Å². The molecule has 0 saturated carbocycles. The molecule has 1 atom stereocenters. The molecule has 37 heavy (non-hydrogen) atoms. The minimum atomic E-state index is -1.06. The van der Waals surface area contributed by atoms with Gasteiger partial charge in [0.05, 0.1) is 27.5 Å². The van der Waals surface area contributed by atoms with E-state index in [0.717, 1.165) is 11.3 Å². The van der Waals surface area contributed by atoms with Gasteiger partial charge in [0, 0.05) is 30.5 Å². The van der Waals surface area contributed by atoms with Crippen LogP contribution in [0.15, 0.2) is 30.3 Å². The number of rotatable bonds is 3. The van der Waals surface area contributed by atoms with Crippen LogP contribution in [-0.2, 0) is 20.5 Å². The Hall–Kier alpha value is -2.51. The minimum Gasteiger partial charge on any atom is -0.444 e. The van der Waals surface area contributed by atoms with Crippen LogP contribution in [0.5, 0.6) is 0 Å². The third-order valence-electron chi connectivity index (χ3n) is 6.70. The Kier molecular flexibility index (Phi) is 8.11. The van der Waals surface area contributed by atoms with Crippen LogP contribution in [0, 0.1) is 5.82 Å². The Morgan fingerprint density at radius 3 is 2.41 bits per heavy atom. The number of anilines is 2. The molecule has 0 aliphatic carbocycles. The van der Waals surface area contributed by atoms with Crippen molar-refractivity contribution < 1.29 is 18.7 Å². The van der Waals surface area contributed by atoms with E-state index in [1.165, 1.54) is 12.1 Å². The number of fused-ring (bicyclic) bond motifs is 1. The number of nitrogens with zero attached hydrogens (tertiary/aromatic N) is 2. The fourth-order valence-corrected chi connectivity index (χ4v) is 5.45. The SMILES string of the molecule is CC.CN1C(=O)C(C)(C)c2ccc(NC3(c4c(F)ccc(Cl)c4Cl)CCN(C(=O)OC(C)(C)C)C3)cc21. The zero-order valence-corrected chi connectivity index (χ0v) is 24.3. The molecule has 0 bridgehead atoms. The van der Waals surface area contributed by atoms with Crippen LogP contribution in [-0.4, -0.2) is 42.6 Å². The van der Waals surface area contributed by atoms with E-state index in [2.05, 4.69) is 5.32 Å². The second kappa shape index (κ2) is 10.3. The summed E-state index contributed by atoms with van der Waals surface area (Å²) in [7, 11) is 1.74. The summed E-state index contributed by atoms with van der Waals surface area (Å²) in [5.74, 6) is -0.521. The van der Waals surface area contributed by atoms with E-state index in [1.807, 2.05) is 45.9 Å². The first-order valence-electron chi connectivity index (χ1n) is 12.5. The van der Waals surface area contributed by atoms with Crippen LogP contribution in [0.3, 0.4) is 0 Å². The zero-order valence-electron chi connectivity index (χ0n) is 22.8. The molecule has 2 amide bonds. The number of hydrogen-bond donors (Lipinski definition) is 1. The van der Waals surface area contributed by atoms with Crippen LogP contribution in [0.1, 0.15) is 66.0 Å². The summed E-state index contributed by atoms with van der Waals surface area (Å²) in [6, 6.07) is 8.33. The summed E-state index contributed by atoms with van der Waals surface area (Å²) < 4.78 is 20.8. The van der Waals surface area contributed by atoms with Crippen molar-refractivity contribution >= 4 is 46.6 Å². The van der Waals surface area contributed by atoms with E-state index < -0.39 is 28.5 Å². The molecule has 1 N–H and O–H groups in total. The lowest BCUT2D eigenvalue weighted by Gasteiger charge is -2.34. The highest BCUT2D eigenvalue weighted by Gasteiger charge is 2.47. The van der Waals surface area contributed by atoms with Gasteiger partial charge in [-0.25, -0.2) is 9.18 Å². The second-order valence-electron chi connectivity index (χ2n) is 10.8. The average molecular weight is 553 g/mol. The summed E-state index contributed by atoms with van der Waals surface area (Å²) in [5, 5.41) is 3.77. The van der Waals surface area contributed by atoms with Crippen LogP contribution in [0.25, 0.3) is 0 Å². The van der Waals surface area contributed by atoms with Gasteiger partial charge in [-0.2, -0.15) is 0 Å². The Morgan fingerprint density at radius 1 is 1.14 bits per heavy atom. The molecule has 6 nitrogen and oxygen atoms in total. The third kappa shape index (κ3) is 5.39. The summed E-state index contributed by atoms with van der Waals surface area (Å²) in [5.41, 5.74) is 0.194. The molecule has 1 fully saturated rings. The molecule has 1 unspecified atom stereocenters. The smallest absolute Gasteiger partial charge is 0.410 e. The lowest BCUT2D eigenvalue weighted by molar-refractivity contribution is -0.121. The zero-order chi connectivity index (χ0) is 27.9. The first-order valence-corrected chi connectivity index (χ1v) is 13.2. The number of carbonyl (C=O) groups is 2. The molecule has 1 saturated heterocycles. The summed E-state index contributed by atoms with van der Waals surface area (Å²) in [6.07, 6.45) is -0.110. The molecule has 2 aliphatic heterocycles. The van der Waals surface area contributed by atoms with E-state index in [0.29, 0.717) is 18.7 Å². The molecule has 0 aromatic heterocycles. The fraction of sp³-hybridized carbons (Fsp3) is 0.500. The van der Waals surface area contributed by atoms with Crippen molar-refractivity contribution in [2.24, 2.45) is 0 Å². The number of ether oxygens (including phenoxy) is 1. The van der Waals surface area contributed by atoms with Crippen LogP contribution < -0.4 is 10.2 Å². The lowest BCUT2D eigenvalue weighted by atomic mass is 9.85. The third-order valence-corrected chi connectivity index (χ3v) is 7.50. The van der Waals surface area contributed by atoms with E-state index in [1.54, 1.807) is 37.6 Å². The van der Waals surface area contributed by atoms with Crippen molar-refractivity contribution in [2.75, 3.05) is 30.4 Å². The monoisotopic (exact) mass is 551 g/mol. The van der Waals surface area contributed by atoms with Crippen molar-refractivity contribution in [3.05, 3.63) is 57.3 Å². The molecule has 202 valence electrons. The van der Waals surface area contributed by atoms with Gasteiger partial charge in [0.2, 0.25) is 5.91 Å². The molecule has 4 rings (SSSR count). The Balaban J connectivity index is 0.00000186. The van der Waals surface area contributed by atoms with Gasteiger partial charge in [0.1, 0.15) is 11.4 Å². The van der Waals surface area contributed by atoms with Gasteiger partial charge in [-0.1, -0.05) is 43.1 Å². The maximum absolute atomic E-state index is 15.3. The largest absolute Gasteiger partial charge is 0.444 e. The highest BCUT2D eigenvalue weighted by Crippen LogP contribution is 2.46. The quantitative estimate of drug-likeness (QED) is 0.404. The van der Waals surface area contributed by atoms with Gasteiger partial charge in [0.15, 0.2) is 0 Å². The summed E-state index contributed by atoms with van der Waals surface area (Å²) in [4.78, 5) is 28.8. The van der Waals surface area contributed by atoms with Gasteiger partial charge >= 0.3 is 6.09 Å². The van der Waals surface area contributed by atoms with Gasteiger partial charge in [-0.3, -0.25) is 4.79 Å². The molecule has 2 aromatic rings. The van der Waals surface area contributed by atoms with Crippen LogP contribution in [0.4, 0.5) is 20.6 Å². The molecular formula is C28H36Cl2FN3O3. The normalized spacial score (nSPS) is 20.4. The molecular weight excluding hydrogens is 516 g/mol. The van der Waals surface area contributed by atoms with Crippen molar-refractivity contribution in [2.45, 2.75) is 71.4 Å². The van der Waals surface area contributed by atoms with Crippen LogP contribution in [0.2, 0.25) is 10.0 Å². The number of likely N-dealkylation sites (tertiary alicyclic amines) is 1. The topological polar surface area (TPSA) is 61.9 Å². The molecule has 2 aromatic carbocycles. The Bertz CT molecular complexity index is 1210.